The maximum absolute atomic E-state index is 11.2. The average molecular weight is 217 g/mol. The molecule has 0 fully saturated rings. The zero-order valence-electron chi connectivity index (χ0n) is 9.40. The second-order valence-electron chi connectivity index (χ2n) is 3.50. The van der Waals surface area contributed by atoms with Gasteiger partial charge in [0, 0.05) is 6.08 Å². The number of rotatable bonds is 2. The first-order valence-corrected chi connectivity index (χ1v) is 4.88. The van der Waals surface area contributed by atoms with Crippen molar-refractivity contribution in [2.75, 3.05) is 0 Å². The van der Waals surface area contributed by atoms with Crippen molar-refractivity contribution >= 4 is 17.9 Å². The van der Waals surface area contributed by atoms with E-state index in [-0.39, 0.29) is 5.96 Å². The van der Waals surface area contributed by atoms with Crippen molar-refractivity contribution in [2.24, 2.45) is 16.5 Å². The topological polar surface area (TPSA) is 81.5 Å². The quantitative estimate of drug-likeness (QED) is 0.442. The Bertz CT molecular complexity index is 457. The van der Waals surface area contributed by atoms with Crippen molar-refractivity contribution in [1.29, 1.82) is 0 Å². The normalized spacial score (nSPS) is 10.4. The van der Waals surface area contributed by atoms with Crippen molar-refractivity contribution in [3.05, 3.63) is 41.0 Å². The van der Waals surface area contributed by atoms with Crippen molar-refractivity contribution in [3.63, 3.8) is 0 Å². The predicted octanol–water partition coefficient (Wildman–Crippen LogP) is 1.12. The van der Waals surface area contributed by atoms with Crippen LogP contribution in [0.4, 0.5) is 0 Å². The van der Waals surface area contributed by atoms with Crippen LogP contribution in [0.1, 0.15) is 16.7 Å². The molecule has 0 radical (unpaired) electrons. The van der Waals surface area contributed by atoms with Gasteiger partial charge in [0.2, 0.25) is 0 Å². The monoisotopic (exact) mass is 217 g/mol. The molecule has 1 amide bonds. The molecule has 0 heterocycles. The molecule has 1 aromatic carbocycles. The van der Waals surface area contributed by atoms with Crippen molar-refractivity contribution < 1.29 is 4.79 Å². The molecular formula is C12H15N3O. The van der Waals surface area contributed by atoms with E-state index in [1.54, 1.807) is 6.08 Å². The molecule has 0 bridgehead atoms. The summed E-state index contributed by atoms with van der Waals surface area (Å²) in [6, 6.07) is 5.89. The number of benzene rings is 1. The van der Waals surface area contributed by atoms with E-state index in [1.165, 1.54) is 11.6 Å². The van der Waals surface area contributed by atoms with Crippen LogP contribution in [0.25, 0.3) is 6.08 Å². The Morgan fingerprint density at radius 2 is 2.00 bits per heavy atom. The summed E-state index contributed by atoms with van der Waals surface area (Å²) in [5.74, 6) is -0.684. The highest BCUT2D eigenvalue weighted by atomic mass is 16.1. The molecule has 0 aliphatic carbocycles. The summed E-state index contributed by atoms with van der Waals surface area (Å²) in [4.78, 5) is 14.6. The second kappa shape index (κ2) is 5.11. The summed E-state index contributed by atoms with van der Waals surface area (Å²) in [5.41, 5.74) is 13.5. The Kier molecular flexibility index (Phi) is 3.83. The number of carbonyl (C=O) groups is 1. The molecule has 4 heteroatoms. The van der Waals surface area contributed by atoms with Gasteiger partial charge in [0.15, 0.2) is 5.96 Å². The summed E-state index contributed by atoms with van der Waals surface area (Å²) in [6.07, 6.45) is 3.05. The standard InChI is InChI=1S/C12H15N3O/c1-8-4-3-5-10(9(8)2)6-7-11(16)15-12(13)14/h3-7H,1-2H3,(H4,13,14,15,16)/b7-6+. The zero-order chi connectivity index (χ0) is 12.1. The number of aryl methyl sites for hydroxylation is 1. The van der Waals surface area contributed by atoms with Crippen molar-refractivity contribution in [3.8, 4) is 0 Å². The molecule has 0 atom stereocenters. The van der Waals surface area contributed by atoms with Crippen LogP contribution in [0, 0.1) is 13.8 Å². The van der Waals surface area contributed by atoms with E-state index < -0.39 is 5.91 Å². The highest BCUT2D eigenvalue weighted by Crippen LogP contribution is 2.13. The third kappa shape index (κ3) is 3.24. The Hall–Kier alpha value is -2.10. The Morgan fingerprint density at radius 3 is 2.62 bits per heavy atom. The van der Waals surface area contributed by atoms with E-state index >= 15 is 0 Å². The van der Waals surface area contributed by atoms with E-state index in [4.69, 9.17) is 11.5 Å². The first kappa shape index (κ1) is 12.0. The molecule has 4 nitrogen and oxygen atoms in total. The van der Waals surface area contributed by atoms with Gasteiger partial charge in [-0.15, -0.1) is 0 Å². The van der Waals surface area contributed by atoms with Crippen LogP contribution in [-0.2, 0) is 4.79 Å². The summed E-state index contributed by atoms with van der Waals surface area (Å²) in [7, 11) is 0. The van der Waals surface area contributed by atoms with Gasteiger partial charge < -0.3 is 11.5 Å². The molecule has 0 spiro atoms. The van der Waals surface area contributed by atoms with Crippen LogP contribution in [0.15, 0.2) is 29.3 Å². The molecule has 0 aliphatic heterocycles. The molecule has 0 aliphatic rings. The van der Waals surface area contributed by atoms with E-state index in [0.717, 1.165) is 11.1 Å². The maximum Gasteiger partial charge on any atom is 0.272 e. The number of carbonyl (C=O) groups excluding carboxylic acids is 1. The number of aliphatic imine (C=N–C) groups is 1. The highest BCUT2D eigenvalue weighted by molar-refractivity contribution is 5.99. The highest BCUT2D eigenvalue weighted by Gasteiger charge is 1.98. The van der Waals surface area contributed by atoms with E-state index in [0.29, 0.717) is 0 Å². The number of hydrogen-bond acceptors (Lipinski definition) is 1. The van der Waals surface area contributed by atoms with Crippen LogP contribution < -0.4 is 11.5 Å². The lowest BCUT2D eigenvalue weighted by Crippen LogP contribution is -2.23. The largest absolute Gasteiger partial charge is 0.370 e. The molecule has 0 saturated carbocycles. The smallest absolute Gasteiger partial charge is 0.272 e. The molecule has 1 aromatic rings. The molecule has 4 N–H and O–H groups in total. The average Bonchev–Trinajstić information content (AvgIpc) is 2.19. The minimum Gasteiger partial charge on any atom is -0.370 e. The summed E-state index contributed by atoms with van der Waals surface area (Å²) in [5, 5.41) is 0. The van der Waals surface area contributed by atoms with Crippen LogP contribution in [0.2, 0.25) is 0 Å². The van der Waals surface area contributed by atoms with Gasteiger partial charge in [-0.3, -0.25) is 4.79 Å². The summed E-state index contributed by atoms with van der Waals surface area (Å²) >= 11 is 0. The fraction of sp³-hybridized carbons (Fsp3) is 0.167. The molecule has 84 valence electrons. The lowest BCUT2D eigenvalue weighted by Gasteiger charge is -2.02. The Morgan fingerprint density at radius 1 is 1.31 bits per heavy atom. The third-order valence-electron chi connectivity index (χ3n) is 2.29. The number of nitrogens with two attached hydrogens (primary N) is 2. The van der Waals surface area contributed by atoms with Crippen molar-refractivity contribution in [1.82, 2.24) is 0 Å². The number of amides is 1. The minimum atomic E-state index is -0.457. The zero-order valence-corrected chi connectivity index (χ0v) is 9.40. The number of guanidine groups is 1. The van der Waals surface area contributed by atoms with Gasteiger partial charge in [0.05, 0.1) is 0 Å². The van der Waals surface area contributed by atoms with Gasteiger partial charge in [-0.05, 0) is 36.6 Å². The second-order valence-corrected chi connectivity index (χ2v) is 3.50. The SMILES string of the molecule is Cc1cccc(/C=C/C(=O)N=C(N)N)c1C. The minimum absolute atomic E-state index is 0.226. The van der Waals surface area contributed by atoms with Gasteiger partial charge in [-0.1, -0.05) is 18.2 Å². The van der Waals surface area contributed by atoms with Crippen LogP contribution in [0.3, 0.4) is 0 Å². The van der Waals surface area contributed by atoms with Crippen LogP contribution in [-0.4, -0.2) is 11.9 Å². The van der Waals surface area contributed by atoms with Gasteiger partial charge in [0.1, 0.15) is 0 Å². The molecule has 0 unspecified atom stereocenters. The van der Waals surface area contributed by atoms with Gasteiger partial charge in [0.25, 0.3) is 5.91 Å². The number of nitrogens with zero attached hydrogens (tertiary/aromatic N) is 1. The van der Waals surface area contributed by atoms with E-state index in [2.05, 4.69) is 4.99 Å². The maximum atomic E-state index is 11.2. The first-order chi connectivity index (χ1) is 7.50. The molecule has 0 aromatic heterocycles. The van der Waals surface area contributed by atoms with E-state index in [9.17, 15) is 4.79 Å². The van der Waals surface area contributed by atoms with Crippen LogP contribution >= 0.6 is 0 Å². The third-order valence-corrected chi connectivity index (χ3v) is 2.29. The van der Waals surface area contributed by atoms with E-state index in [1.807, 2.05) is 32.0 Å². The fourth-order valence-corrected chi connectivity index (χ4v) is 1.28. The molecule has 1 rings (SSSR count). The lowest BCUT2D eigenvalue weighted by molar-refractivity contribution is -0.113. The van der Waals surface area contributed by atoms with Gasteiger partial charge >= 0.3 is 0 Å². The Balaban J connectivity index is 2.89. The summed E-state index contributed by atoms with van der Waals surface area (Å²) < 4.78 is 0. The van der Waals surface area contributed by atoms with Gasteiger partial charge in [-0.25, -0.2) is 0 Å². The molecule has 0 saturated heterocycles. The fourth-order valence-electron chi connectivity index (χ4n) is 1.28. The molecular weight excluding hydrogens is 202 g/mol. The first-order valence-electron chi connectivity index (χ1n) is 4.88. The lowest BCUT2D eigenvalue weighted by atomic mass is 10.0. The van der Waals surface area contributed by atoms with Crippen LogP contribution in [0.5, 0.6) is 0 Å². The number of hydrogen-bond donors (Lipinski definition) is 2. The van der Waals surface area contributed by atoms with Crippen molar-refractivity contribution in [2.45, 2.75) is 13.8 Å². The molecule has 16 heavy (non-hydrogen) atoms. The predicted molar refractivity (Wildman–Crippen MR) is 65.8 cm³/mol. The van der Waals surface area contributed by atoms with Gasteiger partial charge in [-0.2, -0.15) is 4.99 Å². The summed E-state index contributed by atoms with van der Waals surface area (Å²) in [6.45, 7) is 4.02. The Labute approximate surface area is 94.7 Å².